The number of H-pyrrole nitrogens is 2. The van der Waals surface area contributed by atoms with Crippen LogP contribution in [0.2, 0.25) is 0 Å². The molecule has 0 radical (unpaired) electrons. The summed E-state index contributed by atoms with van der Waals surface area (Å²) in [5.74, 6) is 0.422. The van der Waals surface area contributed by atoms with Crippen molar-refractivity contribution in [3.63, 3.8) is 0 Å². The van der Waals surface area contributed by atoms with E-state index in [0.29, 0.717) is 18.2 Å². The predicted molar refractivity (Wildman–Crippen MR) is 83.1 cm³/mol. The summed E-state index contributed by atoms with van der Waals surface area (Å²) in [6.07, 6.45) is 1.58. The molecule has 0 saturated carbocycles. The first-order chi connectivity index (χ1) is 10.4. The molecule has 0 aliphatic heterocycles. The minimum atomic E-state index is -0.190. The van der Waals surface area contributed by atoms with Crippen LogP contribution in [0.1, 0.15) is 49.1 Å². The first-order valence-corrected chi connectivity index (χ1v) is 7.35. The lowest BCUT2D eigenvalue weighted by Crippen LogP contribution is -2.17. The highest BCUT2D eigenvalue weighted by molar-refractivity contribution is 5.92. The number of hydrogen-bond acceptors (Lipinski definition) is 4. The Morgan fingerprint density at radius 2 is 2.05 bits per heavy atom. The summed E-state index contributed by atoms with van der Waals surface area (Å²) >= 11 is 0. The van der Waals surface area contributed by atoms with Gasteiger partial charge in [0.25, 0.3) is 5.91 Å². The van der Waals surface area contributed by atoms with Crippen LogP contribution in [0.4, 0.5) is 0 Å². The second-order valence-electron chi connectivity index (χ2n) is 6.18. The van der Waals surface area contributed by atoms with Crippen LogP contribution < -0.4 is 10.1 Å². The van der Waals surface area contributed by atoms with Gasteiger partial charge in [0.1, 0.15) is 5.69 Å². The van der Waals surface area contributed by atoms with Crippen LogP contribution in [-0.4, -0.2) is 40.0 Å². The van der Waals surface area contributed by atoms with E-state index < -0.39 is 0 Å². The Hall–Kier alpha value is -2.31. The summed E-state index contributed by atoms with van der Waals surface area (Å²) in [6, 6.07) is 3.69. The predicted octanol–water partition coefficient (Wildman–Crippen LogP) is 1.80. The molecule has 0 fully saturated rings. The van der Waals surface area contributed by atoms with Gasteiger partial charge in [0.2, 0.25) is 5.88 Å². The van der Waals surface area contributed by atoms with Crippen LogP contribution in [0.15, 0.2) is 12.1 Å². The van der Waals surface area contributed by atoms with Gasteiger partial charge >= 0.3 is 0 Å². The number of carbonyl (C=O) groups excluding carboxylic acids is 1. The summed E-state index contributed by atoms with van der Waals surface area (Å²) in [6.45, 7) is 6.91. The molecule has 0 saturated heterocycles. The van der Waals surface area contributed by atoms with Crippen LogP contribution in [0.25, 0.3) is 0 Å². The lowest BCUT2D eigenvalue weighted by molar-refractivity contribution is 0.0958. The molecule has 0 atom stereocenters. The van der Waals surface area contributed by atoms with E-state index in [4.69, 9.17) is 4.74 Å². The van der Waals surface area contributed by atoms with Crippen molar-refractivity contribution in [3.05, 3.63) is 29.2 Å². The molecule has 3 N–H and O–H groups in total. The van der Waals surface area contributed by atoms with Gasteiger partial charge in [0.05, 0.1) is 6.61 Å². The van der Waals surface area contributed by atoms with E-state index in [9.17, 15) is 4.79 Å². The number of carbonyl (C=O) groups is 1. The molecular formula is C15H23N5O2. The Balaban J connectivity index is 1.76. The van der Waals surface area contributed by atoms with Crippen molar-refractivity contribution in [1.82, 2.24) is 25.7 Å². The molecule has 0 aliphatic carbocycles. The maximum atomic E-state index is 11.4. The van der Waals surface area contributed by atoms with Crippen molar-refractivity contribution in [2.45, 2.75) is 39.0 Å². The number of ether oxygens (including phenoxy) is 1. The lowest BCUT2D eigenvalue weighted by Gasteiger charge is -2.14. The standard InChI is InChI=1S/C15H23N5O2/c1-15(2,3)12-9-13(20-19-12)22-7-5-6-10-8-11(18-17-10)14(21)16-4/h8-9H,5-7H2,1-4H3,(H,16,21)(H,17,18)(H,19,20). The second kappa shape index (κ2) is 6.64. The van der Waals surface area contributed by atoms with Crippen molar-refractivity contribution < 1.29 is 9.53 Å². The molecule has 0 aromatic carbocycles. The topological polar surface area (TPSA) is 95.7 Å². The number of aromatic nitrogens is 4. The van der Waals surface area contributed by atoms with Crippen molar-refractivity contribution >= 4 is 5.91 Å². The Bertz CT molecular complexity index is 624. The average molecular weight is 305 g/mol. The van der Waals surface area contributed by atoms with Gasteiger partial charge in [-0.2, -0.15) is 5.10 Å². The van der Waals surface area contributed by atoms with Gasteiger partial charge in [0, 0.05) is 29.9 Å². The fourth-order valence-corrected chi connectivity index (χ4v) is 1.93. The summed E-state index contributed by atoms with van der Waals surface area (Å²) in [7, 11) is 1.58. The number of aromatic amines is 2. The SMILES string of the molecule is CNC(=O)c1cc(CCCOc2cc(C(C)(C)C)[nH]n2)[nH]n1. The third kappa shape index (κ3) is 4.09. The molecule has 1 amide bonds. The molecule has 0 bridgehead atoms. The van der Waals surface area contributed by atoms with E-state index in [2.05, 4.69) is 46.5 Å². The molecular weight excluding hydrogens is 282 g/mol. The Labute approximate surface area is 129 Å². The zero-order valence-corrected chi connectivity index (χ0v) is 13.5. The minimum absolute atomic E-state index is 0.0286. The number of nitrogens with one attached hydrogen (secondary N) is 3. The van der Waals surface area contributed by atoms with Gasteiger partial charge in [-0.1, -0.05) is 20.8 Å². The summed E-state index contributed by atoms with van der Waals surface area (Å²) in [5, 5.41) is 16.5. The summed E-state index contributed by atoms with van der Waals surface area (Å²) < 4.78 is 5.62. The molecule has 7 nitrogen and oxygen atoms in total. The second-order valence-corrected chi connectivity index (χ2v) is 6.18. The molecule has 2 rings (SSSR count). The largest absolute Gasteiger partial charge is 0.477 e. The van der Waals surface area contributed by atoms with Crippen LogP contribution in [0.3, 0.4) is 0 Å². The first-order valence-electron chi connectivity index (χ1n) is 7.35. The third-order valence-electron chi connectivity index (χ3n) is 3.29. The lowest BCUT2D eigenvalue weighted by atomic mass is 9.93. The molecule has 22 heavy (non-hydrogen) atoms. The fraction of sp³-hybridized carbons (Fsp3) is 0.533. The average Bonchev–Trinajstić information content (AvgIpc) is 3.11. The van der Waals surface area contributed by atoms with Crippen molar-refractivity contribution in [2.75, 3.05) is 13.7 Å². The van der Waals surface area contributed by atoms with Crippen molar-refractivity contribution in [3.8, 4) is 5.88 Å². The third-order valence-corrected chi connectivity index (χ3v) is 3.29. The smallest absolute Gasteiger partial charge is 0.271 e. The van der Waals surface area contributed by atoms with Gasteiger partial charge in [-0.3, -0.25) is 15.0 Å². The van der Waals surface area contributed by atoms with Crippen LogP contribution in [0, 0.1) is 0 Å². The quantitative estimate of drug-likeness (QED) is 0.709. The van der Waals surface area contributed by atoms with Crippen LogP contribution in [0.5, 0.6) is 5.88 Å². The van der Waals surface area contributed by atoms with E-state index in [-0.39, 0.29) is 11.3 Å². The number of nitrogens with zero attached hydrogens (tertiary/aromatic N) is 2. The maximum absolute atomic E-state index is 11.4. The van der Waals surface area contributed by atoms with Gasteiger partial charge in [-0.15, -0.1) is 5.10 Å². The maximum Gasteiger partial charge on any atom is 0.271 e. The molecule has 120 valence electrons. The Morgan fingerprint density at radius 1 is 1.27 bits per heavy atom. The van der Waals surface area contributed by atoms with Crippen LogP contribution >= 0.6 is 0 Å². The zero-order valence-electron chi connectivity index (χ0n) is 13.5. The highest BCUT2D eigenvalue weighted by Gasteiger charge is 2.17. The number of amides is 1. The van der Waals surface area contributed by atoms with Crippen LogP contribution in [-0.2, 0) is 11.8 Å². The number of hydrogen-bond donors (Lipinski definition) is 3. The zero-order chi connectivity index (χ0) is 16.2. The van der Waals surface area contributed by atoms with Crippen molar-refractivity contribution in [1.29, 1.82) is 0 Å². The Kier molecular flexibility index (Phi) is 4.85. The van der Waals surface area contributed by atoms with Crippen molar-refractivity contribution in [2.24, 2.45) is 0 Å². The molecule has 0 aliphatic rings. The van der Waals surface area contributed by atoms with E-state index in [1.54, 1.807) is 13.1 Å². The molecule has 7 heteroatoms. The summed E-state index contributed by atoms with van der Waals surface area (Å²) in [4.78, 5) is 11.4. The van der Waals surface area contributed by atoms with E-state index >= 15 is 0 Å². The normalized spacial score (nSPS) is 11.5. The first kappa shape index (κ1) is 16.1. The molecule has 0 unspecified atom stereocenters. The number of rotatable bonds is 6. The van der Waals surface area contributed by atoms with Gasteiger partial charge in [0.15, 0.2) is 0 Å². The summed E-state index contributed by atoms with van der Waals surface area (Å²) in [5.41, 5.74) is 2.40. The van der Waals surface area contributed by atoms with E-state index in [1.807, 2.05) is 6.07 Å². The molecule has 2 heterocycles. The monoisotopic (exact) mass is 305 g/mol. The van der Waals surface area contributed by atoms with E-state index in [0.717, 1.165) is 24.2 Å². The highest BCUT2D eigenvalue weighted by atomic mass is 16.5. The number of aryl methyl sites for hydroxylation is 1. The molecule has 2 aromatic heterocycles. The molecule has 0 spiro atoms. The fourth-order valence-electron chi connectivity index (χ4n) is 1.93. The van der Waals surface area contributed by atoms with E-state index in [1.165, 1.54) is 0 Å². The Morgan fingerprint density at radius 3 is 2.68 bits per heavy atom. The highest BCUT2D eigenvalue weighted by Crippen LogP contribution is 2.22. The minimum Gasteiger partial charge on any atom is -0.477 e. The van der Waals surface area contributed by atoms with Gasteiger partial charge in [-0.05, 0) is 18.9 Å². The molecule has 2 aromatic rings. The van der Waals surface area contributed by atoms with Gasteiger partial charge in [-0.25, -0.2) is 0 Å². The van der Waals surface area contributed by atoms with Gasteiger partial charge < -0.3 is 10.1 Å².